The normalized spacial score (nSPS) is 19.2. The second-order valence-electron chi connectivity index (χ2n) is 9.35. The Morgan fingerprint density at radius 1 is 1.17 bits per heavy atom. The molecule has 2 fully saturated rings. The first-order valence-electron chi connectivity index (χ1n) is 11.7. The van der Waals surface area contributed by atoms with E-state index in [1.165, 1.54) is 19.3 Å². The molecule has 7 nitrogen and oxygen atoms in total. The number of nitrogens with one attached hydrogen (secondary N) is 1. The van der Waals surface area contributed by atoms with Gasteiger partial charge < -0.3 is 10.2 Å². The Morgan fingerprint density at radius 2 is 1.83 bits per heavy atom. The van der Waals surface area contributed by atoms with Crippen molar-refractivity contribution in [3.05, 3.63) is 17.5 Å². The van der Waals surface area contributed by atoms with Gasteiger partial charge in [-0.25, -0.2) is 0 Å². The smallest absolute Gasteiger partial charge is 0.254 e. The van der Waals surface area contributed by atoms with Gasteiger partial charge in [-0.15, -0.1) is 0 Å². The van der Waals surface area contributed by atoms with Crippen molar-refractivity contribution in [2.45, 2.75) is 77.3 Å². The first-order chi connectivity index (χ1) is 14.4. The maximum atomic E-state index is 13.1. The zero-order chi connectivity index (χ0) is 21.7. The lowest BCUT2D eigenvalue weighted by molar-refractivity contribution is -0.137. The molecule has 30 heavy (non-hydrogen) atoms. The van der Waals surface area contributed by atoms with Crippen molar-refractivity contribution in [2.24, 2.45) is 13.0 Å². The van der Waals surface area contributed by atoms with E-state index in [2.05, 4.69) is 34.1 Å². The number of aryl methyl sites for hydroxylation is 1. The fraction of sp³-hybridized carbons (Fsp3) is 0.783. The molecule has 2 heterocycles. The molecule has 1 aliphatic heterocycles. The molecule has 0 bridgehead atoms. The van der Waals surface area contributed by atoms with Crippen molar-refractivity contribution in [2.75, 3.05) is 26.7 Å². The Kier molecular flexibility index (Phi) is 7.92. The van der Waals surface area contributed by atoms with Crippen LogP contribution in [0.1, 0.15) is 74.8 Å². The van der Waals surface area contributed by atoms with Crippen LogP contribution in [0, 0.1) is 5.92 Å². The summed E-state index contributed by atoms with van der Waals surface area (Å²) in [4.78, 5) is 29.7. The zero-order valence-electron chi connectivity index (χ0n) is 19.2. The largest absolute Gasteiger partial charge is 0.355 e. The highest BCUT2D eigenvalue weighted by Gasteiger charge is 2.30. The number of nitrogens with zero attached hydrogens (tertiary/aromatic N) is 4. The molecule has 1 saturated carbocycles. The van der Waals surface area contributed by atoms with Crippen molar-refractivity contribution in [3.8, 4) is 0 Å². The summed E-state index contributed by atoms with van der Waals surface area (Å²) in [5.41, 5.74) is 1.56. The van der Waals surface area contributed by atoms with Gasteiger partial charge in [0.15, 0.2) is 0 Å². The van der Waals surface area contributed by atoms with Crippen LogP contribution >= 0.6 is 0 Å². The molecule has 3 rings (SSSR count). The summed E-state index contributed by atoms with van der Waals surface area (Å²) >= 11 is 0. The highest BCUT2D eigenvalue weighted by molar-refractivity contribution is 5.94. The SMILES string of the molecule is CNC(=O)c1cn(C)nc1CC1CCN(CC(=O)N(C(C)C)C2CCCCC2)CC1. The lowest BCUT2D eigenvalue weighted by Crippen LogP contribution is -2.50. The van der Waals surface area contributed by atoms with Gasteiger partial charge in [0.1, 0.15) is 0 Å². The average Bonchev–Trinajstić information content (AvgIpc) is 3.09. The van der Waals surface area contributed by atoms with Crippen LogP contribution in [0.5, 0.6) is 0 Å². The zero-order valence-corrected chi connectivity index (χ0v) is 19.2. The van der Waals surface area contributed by atoms with E-state index in [-0.39, 0.29) is 11.9 Å². The van der Waals surface area contributed by atoms with Gasteiger partial charge in [0.2, 0.25) is 5.91 Å². The number of likely N-dealkylation sites (tertiary alicyclic amines) is 1. The van der Waals surface area contributed by atoms with Gasteiger partial charge in [0.25, 0.3) is 5.91 Å². The number of hydrogen-bond donors (Lipinski definition) is 1. The van der Waals surface area contributed by atoms with Crippen molar-refractivity contribution < 1.29 is 9.59 Å². The first-order valence-corrected chi connectivity index (χ1v) is 11.7. The van der Waals surface area contributed by atoms with E-state index in [1.807, 2.05) is 7.05 Å². The van der Waals surface area contributed by atoms with Crippen molar-refractivity contribution in [1.82, 2.24) is 24.9 Å². The third kappa shape index (κ3) is 5.62. The quantitative estimate of drug-likeness (QED) is 0.740. The summed E-state index contributed by atoms with van der Waals surface area (Å²) in [6.07, 6.45) is 10.8. The van der Waals surface area contributed by atoms with E-state index in [0.29, 0.717) is 30.0 Å². The predicted octanol–water partition coefficient (Wildman–Crippen LogP) is 2.60. The molecular formula is C23H39N5O2. The van der Waals surface area contributed by atoms with Gasteiger partial charge in [-0.05, 0) is 65.0 Å². The summed E-state index contributed by atoms with van der Waals surface area (Å²) in [5, 5.41) is 7.22. The minimum atomic E-state index is -0.0716. The Morgan fingerprint density at radius 3 is 2.43 bits per heavy atom. The molecule has 1 saturated heterocycles. The number of aromatic nitrogens is 2. The minimum Gasteiger partial charge on any atom is -0.355 e. The molecule has 1 N–H and O–H groups in total. The molecule has 7 heteroatoms. The summed E-state index contributed by atoms with van der Waals surface area (Å²) < 4.78 is 1.72. The highest BCUT2D eigenvalue weighted by Crippen LogP contribution is 2.26. The molecular weight excluding hydrogens is 378 g/mol. The monoisotopic (exact) mass is 417 g/mol. The van der Waals surface area contributed by atoms with E-state index in [0.717, 1.165) is 50.9 Å². The lowest BCUT2D eigenvalue weighted by atomic mass is 9.91. The third-order valence-electron chi connectivity index (χ3n) is 6.74. The van der Waals surface area contributed by atoms with Crippen LogP contribution in [0.3, 0.4) is 0 Å². The molecule has 2 aliphatic rings. The number of amides is 2. The third-order valence-corrected chi connectivity index (χ3v) is 6.74. The van der Waals surface area contributed by atoms with Crippen LogP contribution in [-0.4, -0.2) is 70.2 Å². The van der Waals surface area contributed by atoms with Crippen LogP contribution in [0.4, 0.5) is 0 Å². The molecule has 0 spiro atoms. The number of carbonyl (C=O) groups is 2. The van der Waals surface area contributed by atoms with E-state index >= 15 is 0 Å². The molecule has 168 valence electrons. The van der Waals surface area contributed by atoms with E-state index < -0.39 is 0 Å². The molecule has 0 atom stereocenters. The van der Waals surface area contributed by atoms with Crippen LogP contribution in [0.25, 0.3) is 0 Å². The summed E-state index contributed by atoms with van der Waals surface area (Å²) in [5.74, 6) is 0.730. The lowest BCUT2D eigenvalue weighted by Gasteiger charge is -2.39. The minimum absolute atomic E-state index is 0.0716. The number of piperidine rings is 1. The van der Waals surface area contributed by atoms with Crippen molar-refractivity contribution in [1.29, 1.82) is 0 Å². The molecule has 1 aliphatic carbocycles. The second kappa shape index (κ2) is 10.4. The van der Waals surface area contributed by atoms with E-state index in [4.69, 9.17) is 0 Å². The molecule has 2 amide bonds. The van der Waals surface area contributed by atoms with Crippen LogP contribution in [-0.2, 0) is 18.3 Å². The topological polar surface area (TPSA) is 70.5 Å². The molecule has 1 aromatic rings. The maximum absolute atomic E-state index is 13.1. The summed E-state index contributed by atoms with van der Waals surface area (Å²) in [7, 11) is 3.51. The fourth-order valence-corrected chi connectivity index (χ4v) is 5.18. The number of rotatable bonds is 7. The number of hydrogen-bond acceptors (Lipinski definition) is 4. The summed E-state index contributed by atoms with van der Waals surface area (Å²) in [6.45, 7) is 6.71. The van der Waals surface area contributed by atoms with Gasteiger partial charge >= 0.3 is 0 Å². The highest BCUT2D eigenvalue weighted by atomic mass is 16.2. The second-order valence-corrected chi connectivity index (χ2v) is 9.35. The van der Waals surface area contributed by atoms with Gasteiger partial charge in [0, 0.05) is 32.4 Å². The Hall–Kier alpha value is -1.89. The average molecular weight is 418 g/mol. The number of carbonyl (C=O) groups excluding carboxylic acids is 2. The summed E-state index contributed by atoms with van der Waals surface area (Å²) in [6, 6.07) is 0.696. The Bertz CT molecular complexity index is 715. The molecule has 0 aromatic carbocycles. The molecule has 1 aromatic heterocycles. The van der Waals surface area contributed by atoms with Gasteiger partial charge in [-0.3, -0.25) is 19.2 Å². The van der Waals surface area contributed by atoms with Crippen LogP contribution < -0.4 is 5.32 Å². The van der Waals surface area contributed by atoms with Gasteiger partial charge in [0.05, 0.1) is 17.8 Å². The van der Waals surface area contributed by atoms with Crippen LogP contribution in [0.15, 0.2) is 6.20 Å². The van der Waals surface area contributed by atoms with E-state index in [1.54, 1.807) is 17.9 Å². The van der Waals surface area contributed by atoms with Crippen molar-refractivity contribution >= 4 is 11.8 Å². The fourth-order valence-electron chi connectivity index (χ4n) is 5.18. The van der Waals surface area contributed by atoms with E-state index in [9.17, 15) is 9.59 Å². The van der Waals surface area contributed by atoms with Gasteiger partial charge in [-0.2, -0.15) is 5.10 Å². The van der Waals surface area contributed by atoms with Crippen LogP contribution in [0.2, 0.25) is 0 Å². The maximum Gasteiger partial charge on any atom is 0.254 e. The predicted molar refractivity (Wildman–Crippen MR) is 118 cm³/mol. The molecule has 0 radical (unpaired) electrons. The standard InChI is InChI=1S/C23H39N5O2/c1-17(2)28(19-8-6-5-7-9-19)22(29)16-27-12-10-18(11-13-27)14-21-20(23(30)24-3)15-26(4)25-21/h15,17-19H,5-14,16H2,1-4H3,(H,24,30). The van der Waals surface area contributed by atoms with Gasteiger partial charge in [-0.1, -0.05) is 19.3 Å². The Balaban J connectivity index is 1.52. The first kappa shape index (κ1) is 22.8. The Labute approximate surface area is 181 Å². The molecule has 0 unspecified atom stereocenters. The van der Waals surface area contributed by atoms with Crippen molar-refractivity contribution in [3.63, 3.8) is 0 Å².